The maximum atomic E-state index is 14.5. The van der Waals surface area contributed by atoms with E-state index in [1.807, 2.05) is 39.0 Å². The summed E-state index contributed by atoms with van der Waals surface area (Å²) in [5.41, 5.74) is 3.63. The van der Waals surface area contributed by atoms with E-state index in [4.69, 9.17) is 9.26 Å². The molecule has 4 rings (SSSR count). The predicted octanol–water partition coefficient (Wildman–Crippen LogP) is 5.07. The van der Waals surface area contributed by atoms with Crippen LogP contribution in [0.1, 0.15) is 41.8 Å². The maximum Gasteiger partial charge on any atom is 0.257 e. The van der Waals surface area contributed by atoms with Gasteiger partial charge in [-0.05, 0) is 38.5 Å². The first kappa shape index (κ1) is 23.0. The minimum absolute atomic E-state index is 0.0688. The number of ether oxygens (including phenoxy) is 1. The van der Waals surface area contributed by atoms with Gasteiger partial charge in [-0.25, -0.2) is 4.39 Å². The van der Waals surface area contributed by atoms with Gasteiger partial charge in [0.15, 0.2) is 0 Å². The van der Waals surface area contributed by atoms with E-state index in [1.54, 1.807) is 17.0 Å². The summed E-state index contributed by atoms with van der Waals surface area (Å²) in [6, 6.07) is 14.1. The van der Waals surface area contributed by atoms with Crippen LogP contribution >= 0.6 is 0 Å². The highest BCUT2D eigenvalue weighted by atomic mass is 19.1. The molecule has 6 nitrogen and oxygen atoms in total. The average molecular weight is 452 g/mol. The van der Waals surface area contributed by atoms with Gasteiger partial charge in [0.1, 0.15) is 11.5 Å². The van der Waals surface area contributed by atoms with Crippen LogP contribution in [0.25, 0.3) is 11.3 Å². The summed E-state index contributed by atoms with van der Waals surface area (Å²) >= 11 is 0. The zero-order valence-electron chi connectivity index (χ0n) is 19.4. The number of anilines is 1. The fourth-order valence-electron chi connectivity index (χ4n) is 4.09. The molecule has 33 heavy (non-hydrogen) atoms. The van der Waals surface area contributed by atoms with Gasteiger partial charge in [0.2, 0.25) is 5.88 Å². The summed E-state index contributed by atoms with van der Waals surface area (Å²) in [6.07, 6.45) is 0.734. The van der Waals surface area contributed by atoms with Crippen molar-refractivity contribution in [1.82, 2.24) is 10.1 Å². The summed E-state index contributed by atoms with van der Waals surface area (Å²) in [7, 11) is 0. The summed E-state index contributed by atoms with van der Waals surface area (Å²) in [5, 5.41) is 4.42. The number of benzene rings is 2. The van der Waals surface area contributed by atoms with Gasteiger partial charge in [-0.1, -0.05) is 48.0 Å². The lowest BCUT2D eigenvalue weighted by molar-refractivity contribution is 0.0666. The van der Waals surface area contributed by atoms with Crippen molar-refractivity contribution in [1.29, 1.82) is 0 Å². The van der Waals surface area contributed by atoms with Crippen LogP contribution in [0.3, 0.4) is 0 Å². The van der Waals surface area contributed by atoms with E-state index in [0.717, 1.165) is 23.1 Å². The van der Waals surface area contributed by atoms with Crippen molar-refractivity contribution in [3.8, 4) is 11.3 Å². The van der Waals surface area contributed by atoms with Crippen molar-refractivity contribution in [3.05, 3.63) is 71.0 Å². The van der Waals surface area contributed by atoms with Crippen molar-refractivity contribution in [3.63, 3.8) is 0 Å². The standard InChI is InChI=1S/C26H30FN3O3/c1-4-19(3)30(25(31)21-10-5-6-11-23(21)27)17-22-24(20-9-7-8-18(2)16-20)28-33-26(22)29-12-14-32-15-13-29/h5-11,16,19H,4,12-15,17H2,1-3H3/t19-/m0/s1. The molecule has 0 radical (unpaired) electrons. The van der Waals surface area contributed by atoms with E-state index in [1.165, 1.54) is 12.1 Å². The van der Waals surface area contributed by atoms with E-state index in [0.29, 0.717) is 37.9 Å². The van der Waals surface area contributed by atoms with Gasteiger partial charge in [-0.3, -0.25) is 4.79 Å². The molecular formula is C26H30FN3O3. The lowest BCUT2D eigenvalue weighted by Crippen LogP contribution is -2.40. The van der Waals surface area contributed by atoms with Crippen molar-refractivity contribution >= 4 is 11.8 Å². The van der Waals surface area contributed by atoms with Gasteiger partial charge in [0.25, 0.3) is 5.91 Å². The Bertz CT molecular complexity index is 1110. The first-order valence-corrected chi connectivity index (χ1v) is 11.4. The Morgan fingerprint density at radius 2 is 1.94 bits per heavy atom. The molecule has 1 aromatic heterocycles. The molecule has 2 heterocycles. The summed E-state index contributed by atoms with van der Waals surface area (Å²) in [5.74, 6) is -0.218. The number of rotatable bonds is 7. The van der Waals surface area contributed by atoms with Gasteiger partial charge in [-0.15, -0.1) is 0 Å². The zero-order valence-corrected chi connectivity index (χ0v) is 19.4. The molecule has 2 aromatic carbocycles. The van der Waals surface area contributed by atoms with Crippen LogP contribution in [0, 0.1) is 12.7 Å². The monoisotopic (exact) mass is 451 g/mol. The van der Waals surface area contributed by atoms with Gasteiger partial charge in [0, 0.05) is 24.7 Å². The van der Waals surface area contributed by atoms with Crippen molar-refractivity contribution < 1.29 is 18.4 Å². The third-order valence-electron chi connectivity index (χ3n) is 6.17. The Kier molecular flexibility index (Phi) is 7.08. The van der Waals surface area contributed by atoms with Gasteiger partial charge >= 0.3 is 0 Å². The molecule has 1 aliphatic rings. The molecule has 1 fully saturated rings. The molecule has 0 bridgehead atoms. The number of hydrogen-bond acceptors (Lipinski definition) is 5. The van der Waals surface area contributed by atoms with E-state index in [9.17, 15) is 9.18 Å². The van der Waals surface area contributed by atoms with E-state index in [-0.39, 0.29) is 24.1 Å². The lowest BCUT2D eigenvalue weighted by Gasteiger charge is -2.31. The van der Waals surface area contributed by atoms with E-state index < -0.39 is 5.82 Å². The van der Waals surface area contributed by atoms with Crippen LogP contribution in [-0.4, -0.2) is 48.3 Å². The molecule has 1 amide bonds. The summed E-state index contributed by atoms with van der Waals surface area (Å²) in [4.78, 5) is 17.3. The average Bonchev–Trinajstić information content (AvgIpc) is 3.26. The number of morpholine rings is 1. The predicted molar refractivity (Wildman–Crippen MR) is 126 cm³/mol. The lowest BCUT2D eigenvalue weighted by atomic mass is 10.0. The van der Waals surface area contributed by atoms with Crippen LogP contribution in [0.5, 0.6) is 0 Å². The Labute approximate surface area is 193 Å². The maximum absolute atomic E-state index is 14.5. The molecule has 0 aliphatic carbocycles. The van der Waals surface area contributed by atoms with Crippen molar-refractivity contribution in [2.24, 2.45) is 0 Å². The second-order valence-electron chi connectivity index (χ2n) is 8.45. The molecule has 0 saturated carbocycles. The molecule has 1 atom stereocenters. The van der Waals surface area contributed by atoms with Crippen LogP contribution in [0.4, 0.5) is 10.3 Å². The first-order chi connectivity index (χ1) is 16.0. The molecule has 3 aromatic rings. The molecule has 0 unspecified atom stereocenters. The number of halogens is 1. The Balaban J connectivity index is 1.77. The Morgan fingerprint density at radius 3 is 2.64 bits per heavy atom. The Morgan fingerprint density at radius 1 is 1.18 bits per heavy atom. The second kappa shape index (κ2) is 10.2. The number of hydrogen-bond donors (Lipinski definition) is 0. The van der Waals surface area contributed by atoms with Crippen LogP contribution in [0.2, 0.25) is 0 Å². The highest BCUT2D eigenvalue weighted by Gasteiger charge is 2.30. The fraction of sp³-hybridized carbons (Fsp3) is 0.385. The number of nitrogens with zero attached hydrogens (tertiary/aromatic N) is 3. The Hall–Kier alpha value is -3.19. The number of carbonyl (C=O) groups excluding carboxylic acids is 1. The quantitative estimate of drug-likeness (QED) is 0.502. The third-order valence-corrected chi connectivity index (χ3v) is 6.17. The number of aryl methyl sites for hydroxylation is 1. The molecule has 174 valence electrons. The van der Waals surface area contributed by atoms with E-state index in [2.05, 4.69) is 16.1 Å². The molecule has 1 aliphatic heterocycles. The molecule has 0 spiro atoms. The summed E-state index contributed by atoms with van der Waals surface area (Å²) in [6.45, 7) is 8.85. The molecular weight excluding hydrogens is 421 g/mol. The normalized spacial score (nSPS) is 14.8. The highest BCUT2D eigenvalue weighted by Crippen LogP contribution is 2.34. The van der Waals surface area contributed by atoms with Crippen LogP contribution < -0.4 is 4.90 Å². The smallest absolute Gasteiger partial charge is 0.257 e. The molecule has 0 N–H and O–H groups in total. The molecule has 1 saturated heterocycles. The van der Waals surface area contributed by atoms with Gasteiger partial charge < -0.3 is 19.1 Å². The number of aromatic nitrogens is 1. The number of carbonyl (C=O) groups is 1. The largest absolute Gasteiger partial charge is 0.378 e. The zero-order chi connectivity index (χ0) is 23.4. The highest BCUT2D eigenvalue weighted by molar-refractivity contribution is 5.94. The SMILES string of the molecule is CC[C@H](C)N(Cc1c(-c2cccc(C)c2)noc1N1CCOCC1)C(=O)c1ccccc1F. The summed E-state index contributed by atoms with van der Waals surface area (Å²) < 4.78 is 25.9. The van der Waals surface area contributed by atoms with Crippen molar-refractivity contribution in [2.45, 2.75) is 39.8 Å². The third kappa shape index (κ3) is 4.93. The fourth-order valence-corrected chi connectivity index (χ4v) is 4.09. The van der Waals surface area contributed by atoms with Crippen LogP contribution in [-0.2, 0) is 11.3 Å². The van der Waals surface area contributed by atoms with Crippen LogP contribution in [0.15, 0.2) is 53.1 Å². The van der Waals surface area contributed by atoms with Crippen molar-refractivity contribution in [2.75, 3.05) is 31.2 Å². The van der Waals surface area contributed by atoms with Gasteiger partial charge in [-0.2, -0.15) is 0 Å². The topological polar surface area (TPSA) is 58.8 Å². The number of amides is 1. The molecule has 7 heteroatoms. The minimum atomic E-state index is -0.520. The minimum Gasteiger partial charge on any atom is -0.378 e. The first-order valence-electron chi connectivity index (χ1n) is 11.4. The van der Waals surface area contributed by atoms with E-state index >= 15 is 0 Å². The van der Waals surface area contributed by atoms with Gasteiger partial charge in [0.05, 0.1) is 30.9 Å². The second-order valence-corrected chi connectivity index (χ2v) is 8.45.